The van der Waals surface area contributed by atoms with E-state index in [4.69, 9.17) is 14.6 Å². The van der Waals surface area contributed by atoms with E-state index < -0.39 is 15.4 Å². The highest BCUT2D eigenvalue weighted by Crippen LogP contribution is 2.51. The van der Waals surface area contributed by atoms with Crippen LogP contribution in [0.4, 0.5) is 0 Å². The lowest BCUT2D eigenvalue weighted by Gasteiger charge is -2.24. The first-order valence-corrected chi connectivity index (χ1v) is 13.2. The Morgan fingerprint density at radius 3 is 2.29 bits per heavy atom. The maximum atomic E-state index is 13.5. The van der Waals surface area contributed by atoms with Crippen LogP contribution in [-0.4, -0.2) is 21.0 Å². The molecule has 3 aromatic carbocycles. The van der Waals surface area contributed by atoms with Gasteiger partial charge in [0.15, 0.2) is 11.5 Å². The fourth-order valence-electron chi connectivity index (χ4n) is 4.82. The lowest BCUT2D eigenvalue weighted by molar-refractivity contribution is -0.120. The number of rotatable bonds is 6. The molecule has 3 aromatic rings. The Balaban J connectivity index is 0.00000190. The van der Waals surface area contributed by atoms with Crippen LogP contribution in [0.2, 0.25) is 0 Å². The second-order valence-electron chi connectivity index (χ2n) is 10.4. The lowest BCUT2D eigenvalue weighted by Crippen LogP contribution is -2.22. The van der Waals surface area contributed by atoms with E-state index in [1.54, 1.807) is 12.1 Å². The maximum Gasteiger partial charge on any atom is 0.238 e. The molecule has 7 heteroatoms. The van der Waals surface area contributed by atoms with Crippen molar-refractivity contribution >= 4 is 15.8 Å². The summed E-state index contributed by atoms with van der Waals surface area (Å²) in [4.78, 5) is 13.6. The Bertz CT molecular complexity index is 1430. The van der Waals surface area contributed by atoms with E-state index in [1.165, 1.54) is 12.1 Å². The summed E-state index contributed by atoms with van der Waals surface area (Å²) in [5, 5.41) is 5.27. The Hall–Kier alpha value is -3.16. The van der Waals surface area contributed by atoms with Gasteiger partial charge in [-0.3, -0.25) is 4.79 Å². The Kier molecular flexibility index (Phi) is 5.53. The number of nitrogens with two attached hydrogens (primary N) is 1. The van der Waals surface area contributed by atoms with E-state index >= 15 is 0 Å². The van der Waals surface area contributed by atoms with Gasteiger partial charge in [0.05, 0.1) is 10.3 Å². The molecule has 0 radical (unpaired) electrons. The van der Waals surface area contributed by atoms with Crippen LogP contribution in [0.25, 0.3) is 11.1 Å². The van der Waals surface area contributed by atoms with Gasteiger partial charge in [-0.2, -0.15) is 0 Å². The van der Waals surface area contributed by atoms with Crippen LogP contribution < -0.4 is 14.6 Å². The molecule has 6 nitrogen and oxygen atoms in total. The normalized spacial score (nSPS) is 16.2. The third-order valence-corrected chi connectivity index (χ3v) is 7.89. The van der Waals surface area contributed by atoms with Crippen molar-refractivity contribution in [3.8, 4) is 22.6 Å². The van der Waals surface area contributed by atoms with Crippen molar-refractivity contribution in [2.75, 3.05) is 6.79 Å². The van der Waals surface area contributed by atoms with Crippen molar-refractivity contribution < 1.29 is 25.5 Å². The lowest BCUT2D eigenvalue weighted by atomic mass is 9.80. The van der Waals surface area contributed by atoms with E-state index in [-0.39, 0.29) is 25.7 Å². The molecule has 5 rings (SSSR count). The number of primary sulfonamides is 1. The van der Waals surface area contributed by atoms with Gasteiger partial charge in [-0.1, -0.05) is 57.2 Å². The summed E-state index contributed by atoms with van der Waals surface area (Å²) in [6, 6.07) is 18.5. The molecule has 0 spiro atoms. The molecule has 0 aromatic heterocycles. The minimum absolute atomic E-state index is 0. The number of ether oxygens (including phenoxy) is 2. The number of hydrogen-bond acceptors (Lipinski definition) is 5. The van der Waals surface area contributed by atoms with Gasteiger partial charge in [-0.25, -0.2) is 13.6 Å². The average Bonchev–Trinajstić information content (AvgIpc) is 3.49. The maximum absolute atomic E-state index is 13.5. The average molecular weight is 496 g/mol. The molecule has 0 atom stereocenters. The standard InChI is InChI=1S/C28H29NO5S.2H2/c1-27(2,3)23-10-4-18(14-22(23)19-5-8-21(9-6-19)35(29,31)32)15-26(30)28(12-13-28)20-7-11-24-25(16-20)34-17-33-24;;/h4-11,14,16H,12-13,15,17H2,1-3H3,(H2,29,31,32);2*1H. The molecule has 186 valence electrons. The summed E-state index contributed by atoms with van der Waals surface area (Å²) in [7, 11) is -3.77. The molecule has 1 heterocycles. The summed E-state index contributed by atoms with van der Waals surface area (Å²) in [5.41, 5.74) is 4.29. The number of benzene rings is 3. The zero-order valence-electron chi connectivity index (χ0n) is 20.1. The quantitative estimate of drug-likeness (QED) is 0.496. The molecule has 1 aliphatic heterocycles. The number of carbonyl (C=O) groups excluding carboxylic acids is 1. The van der Waals surface area contributed by atoms with Crippen molar-refractivity contribution in [2.24, 2.45) is 5.14 Å². The zero-order chi connectivity index (χ0) is 25.0. The van der Waals surface area contributed by atoms with Gasteiger partial charge in [0.2, 0.25) is 16.8 Å². The van der Waals surface area contributed by atoms with Gasteiger partial charge in [-0.15, -0.1) is 0 Å². The van der Waals surface area contributed by atoms with Gasteiger partial charge < -0.3 is 9.47 Å². The minimum atomic E-state index is -3.77. The molecule has 0 amide bonds. The number of fused-ring (bicyclic) bond motifs is 1. The van der Waals surface area contributed by atoms with Crippen molar-refractivity contribution in [1.82, 2.24) is 0 Å². The molecule has 1 fully saturated rings. The molecule has 0 bridgehead atoms. The predicted molar refractivity (Wildman–Crippen MR) is 138 cm³/mol. The summed E-state index contributed by atoms with van der Waals surface area (Å²) >= 11 is 0. The number of carbonyl (C=O) groups is 1. The Morgan fingerprint density at radius 2 is 1.66 bits per heavy atom. The van der Waals surface area contributed by atoms with Crippen molar-refractivity contribution in [1.29, 1.82) is 0 Å². The molecule has 0 saturated heterocycles. The van der Waals surface area contributed by atoms with Crippen LogP contribution in [-0.2, 0) is 32.1 Å². The van der Waals surface area contributed by atoms with Crippen LogP contribution in [0.5, 0.6) is 11.5 Å². The molecular weight excluding hydrogens is 462 g/mol. The smallest absolute Gasteiger partial charge is 0.238 e. The minimum Gasteiger partial charge on any atom is -0.454 e. The first-order chi connectivity index (χ1) is 16.5. The molecule has 0 unspecified atom stereocenters. The second-order valence-corrected chi connectivity index (χ2v) is 12.0. The zero-order valence-corrected chi connectivity index (χ0v) is 20.9. The van der Waals surface area contributed by atoms with E-state index in [9.17, 15) is 13.2 Å². The largest absolute Gasteiger partial charge is 0.454 e. The first-order valence-electron chi connectivity index (χ1n) is 11.7. The fraction of sp³-hybridized carbons (Fsp3) is 0.321. The van der Waals surface area contributed by atoms with Crippen LogP contribution in [0.1, 0.15) is 53.2 Å². The van der Waals surface area contributed by atoms with E-state index in [2.05, 4.69) is 32.9 Å². The topological polar surface area (TPSA) is 95.7 Å². The van der Waals surface area contributed by atoms with Crippen LogP contribution >= 0.6 is 0 Å². The van der Waals surface area contributed by atoms with Crippen molar-refractivity contribution in [3.63, 3.8) is 0 Å². The Labute approximate surface area is 209 Å². The fourth-order valence-corrected chi connectivity index (χ4v) is 5.34. The van der Waals surface area contributed by atoms with E-state index in [0.717, 1.165) is 40.7 Å². The third kappa shape index (κ3) is 4.46. The predicted octanol–water partition coefficient (Wildman–Crippen LogP) is 5.36. The van der Waals surface area contributed by atoms with Gasteiger partial charge >= 0.3 is 0 Å². The van der Waals surface area contributed by atoms with Gasteiger partial charge in [0, 0.05) is 9.27 Å². The molecule has 1 saturated carbocycles. The molecular formula is C28H33NO5S. The highest BCUT2D eigenvalue weighted by molar-refractivity contribution is 7.89. The third-order valence-electron chi connectivity index (χ3n) is 6.96. The molecule has 1 aliphatic carbocycles. The van der Waals surface area contributed by atoms with E-state index in [0.29, 0.717) is 17.9 Å². The molecule has 2 N–H and O–H groups in total. The monoisotopic (exact) mass is 495 g/mol. The summed E-state index contributed by atoms with van der Waals surface area (Å²) in [6.45, 7) is 6.61. The van der Waals surface area contributed by atoms with Crippen LogP contribution in [0, 0.1) is 0 Å². The molecule has 2 aliphatic rings. The number of sulfonamides is 1. The van der Waals surface area contributed by atoms with Gasteiger partial charge in [0.25, 0.3) is 0 Å². The highest BCUT2D eigenvalue weighted by Gasteiger charge is 2.50. The van der Waals surface area contributed by atoms with Gasteiger partial charge in [0.1, 0.15) is 5.78 Å². The SMILES string of the molecule is CC(C)(C)c1ccc(CC(=O)C2(c3ccc4c(c3)OCO4)CC2)cc1-c1ccc(S(N)(=O)=O)cc1.[HH].[HH]. The van der Waals surface area contributed by atoms with Crippen LogP contribution in [0.3, 0.4) is 0 Å². The Morgan fingerprint density at radius 1 is 0.971 bits per heavy atom. The molecule has 35 heavy (non-hydrogen) atoms. The van der Waals surface area contributed by atoms with E-state index in [1.807, 2.05) is 24.3 Å². The summed E-state index contributed by atoms with van der Waals surface area (Å²) in [6.07, 6.45) is 1.97. The number of Topliss-reactive ketones (excluding diaryl/α,β-unsaturated/α-hetero) is 1. The highest BCUT2D eigenvalue weighted by atomic mass is 32.2. The summed E-state index contributed by atoms with van der Waals surface area (Å²) in [5.74, 6) is 1.60. The first kappa shape index (κ1) is 23.6. The number of ketones is 1. The summed E-state index contributed by atoms with van der Waals surface area (Å²) < 4.78 is 34.3. The van der Waals surface area contributed by atoms with Crippen LogP contribution in [0.15, 0.2) is 65.6 Å². The van der Waals surface area contributed by atoms with Crippen molar-refractivity contribution in [3.05, 3.63) is 77.4 Å². The second kappa shape index (κ2) is 8.21. The van der Waals surface area contributed by atoms with Crippen molar-refractivity contribution in [2.45, 2.75) is 55.8 Å². The number of hydrogen-bond donors (Lipinski definition) is 1. The van der Waals surface area contributed by atoms with Gasteiger partial charge in [-0.05, 0) is 70.3 Å².